The molecular weight excluding hydrogens is 274 g/mol. The van der Waals surface area contributed by atoms with Gasteiger partial charge in [0.05, 0.1) is 19.8 Å². The molecule has 2 atom stereocenters. The summed E-state index contributed by atoms with van der Waals surface area (Å²) < 4.78 is 5.46. The summed E-state index contributed by atoms with van der Waals surface area (Å²) in [5.74, 6) is 0.839. The third kappa shape index (κ3) is 3.97. The Bertz CT molecular complexity index is 583. The minimum atomic E-state index is -0.129. The van der Waals surface area contributed by atoms with Crippen LogP contribution in [-0.4, -0.2) is 18.8 Å². The Morgan fingerprint density at radius 1 is 1.09 bits per heavy atom. The second kappa shape index (κ2) is 8.37. The van der Waals surface area contributed by atoms with Crippen molar-refractivity contribution in [2.45, 2.75) is 18.5 Å². The average molecular weight is 297 g/mol. The van der Waals surface area contributed by atoms with E-state index in [4.69, 9.17) is 4.74 Å². The first-order chi connectivity index (χ1) is 10.8. The van der Waals surface area contributed by atoms with Crippen molar-refractivity contribution >= 4 is 0 Å². The van der Waals surface area contributed by atoms with Crippen LogP contribution in [0.25, 0.3) is 0 Å². The molecule has 0 aliphatic heterocycles. The van der Waals surface area contributed by atoms with Crippen molar-refractivity contribution in [2.24, 2.45) is 0 Å². The van der Waals surface area contributed by atoms with E-state index in [1.54, 1.807) is 7.11 Å². The number of ether oxygens (including phenoxy) is 1. The van der Waals surface area contributed by atoms with Gasteiger partial charge >= 0.3 is 0 Å². The van der Waals surface area contributed by atoms with Crippen LogP contribution in [0, 0.1) is 0 Å². The molecule has 0 aliphatic rings. The lowest BCUT2D eigenvalue weighted by atomic mass is 9.99. The van der Waals surface area contributed by atoms with Gasteiger partial charge in [0.1, 0.15) is 5.75 Å². The molecule has 0 heterocycles. The molecule has 2 aromatic carbocycles. The number of hydrogen-bond donors (Lipinski definition) is 2. The molecule has 0 unspecified atom stereocenters. The lowest BCUT2D eigenvalue weighted by Gasteiger charge is -2.26. The maximum atomic E-state index is 9.75. The van der Waals surface area contributed by atoms with Crippen LogP contribution < -0.4 is 10.1 Å². The molecule has 0 spiro atoms. The largest absolute Gasteiger partial charge is 0.496 e. The quantitative estimate of drug-likeness (QED) is 0.731. The van der Waals surface area contributed by atoms with E-state index in [2.05, 4.69) is 11.9 Å². The molecule has 22 heavy (non-hydrogen) atoms. The molecule has 0 amide bonds. The maximum absolute atomic E-state index is 9.75. The Balaban J connectivity index is 2.26. The number of para-hydroxylation sites is 1. The summed E-state index contributed by atoms with van der Waals surface area (Å²) in [6, 6.07) is 17.8. The predicted octanol–water partition coefficient (Wildman–Crippen LogP) is 3.64. The van der Waals surface area contributed by atoms with Gasteiger partial charge in [0, 0.05) is 11.6 Å². The van der Waals surface area contributed by atoms with Crippen LogP contribution >= 0.6 is 0 Å². The first kappa shape index (κ1) is 16.3. The lowest BCUT2D eigenvalue weighted by Crippen LogP contribution is -2.29. The van der Waals surface area contributed by atoms with Crippen LogP contribution in [-0.2, 0) is 0 Å². The Kier molecular flexibility index (Phi) is 6.19. The number of nitrogens with one attached hydrogen (secondary N) is 1. The van der Waals surface area contributed by atoms with Gasteiger partial charge in [0.15, 0.2) is 0 Å². The zero-order valence-corrected chi connectivity index (χ0v) is 12.9. The molecule has 2 aromatic rings. The monoisotopic (exact) mass is 297 g/mol. The third-order valence-electron chi connectivity index (χ3n) is 3.70. The lowest BCUT2D eigenvalue weighted by molar-refractivity contribution is 0.232. The highest BCUT2D eigenvalue weighted by atomic mass is 16.5. The summed E-state index contributed by atoms with van der Waals surface area (Å²) in [5, 5.41) is 13.3. The summed E-state index contributed by atoms with van der Waals surface area (Å²) in [6.45, 7) is 3.88. The molecule has 2 rings (SSSR count). The molecule has 0 bridgehead atoms. The highest BCUT2D eigenvalue weighted by molar-refractivity contribution is 5.36. The van der Waals surface area contributed by atoms with Crippen LogP contribution in [0.3, 0.4) is 0 Å². The van der Waals surface area contributed by atoms with Crippen molar-refractivity contribution in [3.8, 4) is 5.75 Å². The number of aliphatic hydroxyl groups is 1. The number of rotatable bonds is 8. The first-order valence-corrected chi connectivity index (χ1v) is 7.45. The minimum Gasteiger partial charge on any atom is -0.496 e. The summed E-state index contributed by atoms with van der Waals surface area (Å²) in [6.07, 6.45) is 2.63. The fraction of sp³-hybridized carbons (Fsp3) is 0.263. The van der Waals surface area contributed by atoms with Gasteiger partial charge in [-0.25, -0.2) is 0 Å². The van der Waals surface area contributed by atoms with E-state index >= 15 is 0 Å². The van der Waals surface area contributed by atoms with Gasteiger partial charge in [0.25, 0.3) is 0 Å². The summed E-state index contributed by atoms with van der Waals surface area (Å²) >= 11 is 0. The van der Waals surface area contributed by atoms with Crippen LogP contribution in [0.5, 0.6) is 5.75 Å². The highest BCUT2D eigenvalue weighted by Crippen LogP contribution is 2.29. The first-order valence-electron chi connectivity index (χ1n) is 7.45. The van der Waals surface area contributed by atoms with Gasteiger partial charge in [-0.1, -0.05) is 54.6 Å². The van der Waals surface area contributed by atoms with E-state index in [1.165, 1.54) is 0 Å². The van der Waals surface area contributed by atoms with Crippen LogP contribution in [0.2, 0.25) is 0 Å². The Labute approximate surface area is 132 Å². The fourth-order valence-corrected chi connectivity index (χ4v) is 2.59. The average Bonchev–Trinajstić information content (AvgIpc) is 2.59. The molecule has 2 N–H and O–H groups in total. The van der Waals surface area contributed by atoms with Gasteiger partial charge < -0.3 is 15.2 Å². The predicted molar refractivity (Wildman–Crippen MR) is 90.0 cm³/mol. The van der Waals surface area contributed by atoms with Gasteiger partial charge in [-0.3, -0.25) is 0 Å². The molecule has 3 heteroatoms. The summed E-state index contributed by atoms with van der Waals surface area (Å²) in [7, 11) is 1.67. The van der Waals surface area contributed by atoms with Crippen molar-refractivity contribution in [1.29, 1.82) is 0 Å². The standard InChI is InChI=1S/C19H23NO2/c1-3-9-17(16-12-7-8-13-19(16)22-2)20-18(14-21)15-10-5-4-6-11-15/h3-8,10-13,17-18,20-21H,1,9,14H2,2H3/t17-,18+/m1/s1. The second-order valence-electron chi connectivity index (χ2n) is 5.13. The van der Waals surface area contributed by atoms with E-state index in [-0.39, 0.29) is 18.7 Å². The van der Waals surface area contributed by atoms with Crippen LogP contribution in [0.4, 0.5) is 0 Å². The second-order valence-corrected chi connectivity index (χ2v) is 5.13. The zero-order valence-electron chi connectivity index (χ0n) is 12.9. The van der Waals surface area contributed by atoms with Crippen molar-refractivity contribution in [1.82, 2.24) is 5.32 Å². The summed E-state index contributed by atoms with van der Waals surface area (Å²) in [5.41, 5.74) is 2.13. The molecular formula is C19H23NO2. The van der Waals surface area contributed by atoms with Crippen molar-refractivity contribution in [3.63, 3.8) is 0 Å². The summed E-state index contributed by atoms with van der Waals surface area (Å²) in [4.78, 5) is 0. The SMILES string of the molecule is C=CC[C@@H](N[C@@H](CO)c1ccccc1)c1ccccc1OC. The van der Waals surface area contributed by atoms with Crippen LogP contribution in [0.15, 0.2) is 67.3 Å². The van der Waals surface area contributed by atoms with E-state index in [0.717, 1.165) is 23.3 Å². The molecule has 0 saturated heterocycles. The number of benzene rings is 2. The molecule has 0 fully saturated rings. The smallest absolute Gasteiger partial charge is 0.123 e. The Morgan fingerprint density at radius 3 is 2.41 bits per heavy atom. The van der Waals surface area contributed by atoms with Gasteiger partial charge in [-0.15, -0.1) is 6.58 Å². The van der Waals surface area contributed by atoms with Gasteiger partial charge in [-0.05, 0) is 18.1 Å². The minimum absolute atomic E-state index is 0.0333. The van der Waals surface area contributed by atoms with E-state index < -0.39 is 0 Å². The van der Waals surface area contributed by atoms with E-state index in [0.29, 0.717) is 0 Å². The third-order valence-corrected chi connectivity index (χ3v) is 3.70. The van der Waals surface area contributed by atoms with Gasteiger partial charge in [-0.2, -0.15) is 0 Å². The zero-order chi connectivity index (χ0) is 15.8. The molecule has 0 aromatic heterocycles. The normalized spacial score (nSPS) is 13.4. The highest BCUT2D eigenvalue weighted by Gasteiger charge is 2.19. The van der Waals surface area contributed by atoms with Crippen LogP contribution in [0.1, 0.15) is 29.6 Å². The van der Waals surface area contributed by atoms with E-state index in [1.807, 2.05) is 60.7 Å². The van der Waals surface area contributed by atoms with E-state index in [9.17, 15) is 5.11 Å². The maximum Gasteiger partial charge on any atom is 0.123 e. The number of aliphatic hydroxyl groups excluding tert-OH is 1. The molecule has 0 aliphatic carbocycles. The van der Waals surface area contributed by atoms with Gasteiger partial charge in [0.2, 0.25) is 0 Å². The Hall–Kier alpha value is -2.10. The molecule has 3 nitrogen and oxygen atoms in total. The van der Waals surface area contributed by atoms with Crippen molar-refractivity contribution < 1.29 is 9.84 Å². The van der Waals surface area contributed by atoms with Crippen molar-refractivity contribution in [2.75, 3.05) is 13.7 Å². The number of methoxy groups -OCH3 is 1. The molecule has 0 saturated carbocycles. The molecule has 116 valence electrons. The Morgan fingerprint density at radius 2 is 1.77 bits per heavy atom. The molecule has 0 radical (unpaired) electrons. The van der Waals surface area contributed by atoms with Crippen molar-refractivity contribution in [3.05, 3.63) is 78.4 Å². The topological polar surface area (TPSA) is 41.5 Å². The fourth-order valence-electron chi connectivity index (χ4n) is 2.59. The number of hydrogen-bond acceptors (Lipinski definition) is 3.